The number of aromatic amines is 1. The number of H-pyrrole nitrogens is 1. The number of imidazole rings is 1. The Morgan fingerprint density at radius 2 is 2.29 bits per heavy atom. The van der Waals surface area contributed by atoms with E-state index in [0.29, 0.717) is 18.1 Å². The number of nitrogens with one attached hydrogen (secondary N) is 2. The molecule has 4 nitrogen and oxygen atoms in total. The van der Waals surface area contributed by atoms with Crippen molar-refractivity contribution >= 4 is 0 Å². The van der Waals surface area contributed by atoms with Crippen LogP contribution in [0, 0.1) is 5.92 Å². The highest BCUT2D eigenvalue weighted by Crippen LogP contribution is 2.22. The first-order valence-electron chi connectivity index (χ1n) is 6.53. The normalized spacial score (nSPS) is 27.3. The average molecular weight is 237 g/mol. The number of nitrogens with zero attached hydrogens (tertiary/aromatic N) is 1. The van der Waals surface area contributed by atoms with Gasteiger partial charge in [0.1, 0.15) is 5.82 Å². The number of ether oxygens (including phenoxy) is 1. The smallest absolute Gasteiger partial charge is 0.122 e. The maximum atomic E-state index is 5.78. The molecule has 1 aromatic heterocycles. The van der Waals surface area contributed by atoms with Gasteiger partial charge in [-0.1, -0.05) is 13.8 Å². The molecule has 1 aromatic rings. The standard InChI is InChI=1S/C13H23N3O/c1-9(2)12-8-11(4-7-17-12)16-10(3)13-14-5-6-15-13/h5-6,9-12,16H,4,7-8H2,1-3H3,(H,14,15). The fourth-order valence-corrected chi connectivity index (χ4v) is 2.39. The Morgan fingerprint density at radius 1 is 1.47 bits per heavy atom. The molecule has 1 aliphatic rings. The fourth-order valence-electron chi connectivity index (χ4n) is 2.39. The minimum absolute atomic E-state index is 0.279. The van der Waals surface area contributed by atoms with Crippen LogP contribution in [0.5, 0.6) is 0 Å². The van der Waals surface area contributed by atoms with Gasteiger partial charge in [-0.15, -0.1) is 0 Å². The molecule has 1 aliphatic heterocycles. The second kappa shape index (κ2) is 5.65. The summed E-state index contributed by atoms with van der Waals surface area (Å²) in [5.74, 6) is 1.61. The topological polar surface area (TPSA) is 49.9 Å². The maximum Gasteiger partial charge on any atom is 0.122 e. The predicted octanol–water partition coefficient (Wildman–Crippen LogP) is 2.26. The van der Waals surface area contributed by atoms with Gasteiger partial charge in [0, 0.05) is 25.0 Å². The second-order valence-corrected chi connectivity index (χ2v) is 5.24. The molecule has 2 N–H and O–H groups in total. The van der Waals surface area contributed by atoms with E-state index < -0.39 is 0 Å². The molecule has 0 spiro atoms. The summed E-state index contributed by atoms with van der Waals surface area (Å²) < 4.78 is 5.78. The number of aromatic nitrogens is 2. The summed E-state index contributed by atoms with van der Waals surface area (Å²) in [5.41, 5.74) is 0. The van der Waals surface area contributed by atoms with Gasteiger partial charge in [0.05, 0.1) is 12.1 Å². The van der Waals surface area contributed by atoms with Crippen LogP contribution in [0.3, 0.4) is 0 Å². The molecule has 2 heterocycles. The van der Waals surface area contributed by atoms with E-state index in [-0.39, 0.29) is 6.04 Å². The van der Waals surface area contributed by atoms with E-state index >= 15 is 0 Å². The Bertz CT molecular complexity index is 323. The number of hydrogen-bond acceptors (Lipinski definition) is 3. The zero-order valence-electron chi connectivity index (χ0n) is 10.9. The molecule has 0 radical (unpaired) electrons. The summed E-state index contributed by atoms with van der Waals surface area (Å²) in [4.78, 5) is 7.44. The summed E-state index contributed by atoms with van der Waals surface area (Å²) in [6, 6.07) is 0.817. The monoisotopic (exact) mass is 237 g/mol. The summed E-state index contributed by atoms with van der Waals surface area (Å²) in [6.45, 7) is 7.47. The Kier molecular flexibility index (Phi) is 4.18. The third kappa shape index (κ3) is 3.30. The van der Waals surface area contributed by atoms with E-state index in [0.717, 1.165) is 25.3 Å². The third-order valence-electron chi connectivity index (χ3n) is 3.47. The molecule has 0 aromatic carbocycles. The van der Waals surface area contributed by atoms with Crippen LogP contribution >= 0.6 is 0 Å². The Labute approximate surface area is 103 Å². The highest BCUT2D eigenvalue weighted by atomic mass is 16.5. The van der Waals surface area contributed by atoms with Crippen molar-refractivity contribution in [1.29, 1.82) is 0 Å². The second-order valence-electron chi connectivity index (χ2n) is 5.24. The first kappa shape index (κ1) is 12.6. The largest absolute Gasteiger partial charge is 0.378 e. The van der Waals surface area contributed by atoms with Crippen LogP contribution in [-0.2, 0) is 4.74 Å². The molecule has 2 rings (SSSR count). The van der Waals surface area contributed by atoms with Gasteiger partial charge in [-0.05, 0) is 25.7 Å². The summed E-state index contributed by atoms with van der Waals surface area (Å²) in [6.07, 6.45) is 6.25. The van der Waals surface area contributed by atoms with Crippen LogP contribution in [0.1, 0.15) is 45.5 Å². The molecule has 3 unspecified atom stereocenters. The summed E-state index contributed by atoms with van der Waals surface area (Å²) in [7, 11) is 0. The lowest BCUT2D eigenvalue weighted by Crippen LogP contribution is -2.42. The van der Waals surface area contributed by atoms with Gasteiger partial charge in [-0.25, -0.2) is 4.98 Å². The van der Waals surface area contributed by atoms with Crippen molar-refractivity contribution in [2.24, 2.45) is 5.92 Å². The van der Waals surface area contributed by atoms with Gasteiger partial charge >= 0.3 is 0 Å². The molecule has 0 saturated carbocycles. The van der Waals surface area contributed by atoms with Crippen LogP contribution in [0.25, 0.3) is 0 Å². The van der Waals surface area contributed by atoms with Crippen LogP contribution in [-0.4, -0.2) is 28.7 Å². The van der Waals surface area contributed by atoms with E-state index in [1.54, 1.807) is 6.20 Å². The molecule has 0 aliphatic carbocycles. The van der Waals surface area contributed by atoms with Gasteiger partial charge in [0.2, 0.25) is 0 Å². The molecule has 0 amide bonds. The van der Waals surface area contributed by atoms with Crippen molar-refractivity contribution in [2.75, 3.05) is 6.61 Å². The van der Waals surface area contributed by atoms with Crippen molar-refractivity contribution in [3.8, 4) is 0 Å². The number of hydrogen-bond donors (Lipinski definition) is 2. The maximum absolute atomic E-state index is 5.78. The zero-order valence-corrected chi connectivity index (χ0v) is 10.9. The van der Waals surface area contributed by atoms with Crippen LogP contribution in [0.2, 0.25) is 0 Å². The molecule has 0 bridgehead atoms. The van der Waals surface area contributed by atoms with Crippen LogP contribution in [0.4, 0.5) is 0 Å². The van der Waals surface area contributed by atoms with E-state index in [1.807, 2.05) is 6.20 Å². The summed E-state index contributed by atoms with van der Waals surface area (Å²) in [5, 5.41) is 3.63. The lowest BCUT2D eigenvalue weighted by Gasteiger charge is -2.33. The SMILES string of the molecule is CC(NC1CCOC(C(C)C)C1)c1ncc[nH]1. The lowest BCUT2D eigenvalue weighted by atomic mass is 9.95. The fraction of sp³-hybridized carbons (Fsp3) is 0.769. The van der Waals surface area contributed by atoms with Crippen molar-refractivity contribution in [1.82, 2.24) is 15.3 Å². The van der Waals surface area contributed by atoms with Crippen LogP contribution in [0.15, 0.2) is 12.4 Å². The van der Waals surface area contributed by atoms with Gasteiger partial charge < -0.3 is 15.0 Å². The number of rotatable bonds is 4. The van der Waals surface area contributed by atoms with Crippen molar-refractivity contribution < 1.29 is 4.74 Å². The minimum Gasteiger partial charge on any atom is -0.378 e. The molecular formula is C13H23N3O. The van der Waals surface area contributed by atoms with Gasteiger partial charge in [0.25, 0.3) is 0 Å². The first-order valence-corrected chi connectivity index (χ1v) is 6.53. The average Bonchev–Trinajstić information content (AvgIpc) is 2.82. The Hall–Kier alpha value is -0.870. The van der Waals surface area contributed by atoms with Crippen molar-refractivity contribution in [3.63, 3.8) is 0 Å². The molecule has 17 heavy (non-hydrogen) atoms. The van der Waals surface area contributed by atoms with Crippen molar-refractivity contribution in [2.45, 2.75) is 51.8 Å². The van der Waals surface area contributed by atoms with E-state index in [4.69, 9.17) is 4.74 Å². The Balaban J connectivity index is 1.86. The quantitative estimate of drug-likeness (QED) is 0.844. The summed E-state index contributed by atoms with van der Waals surface area (Å²) >= 11 is 0. The molecule has 4 heteroatoms. The Morgan fingerprint density at radius 3 is 2.94 bits per heavy atom. The molecular weight excluding hydrogens is 214 g/mol. The lowest BCUT2D eigenvalue weighted by molar-refractivity contribution is -0.0258. The van der Waals surface area contributed by atoms with Crippen LogP contribution < -0.4 is 5.32 Å². The van der Waals surface area contributed by atoms with Gasteiger partial charge in [-0.3, -0.25) is 0 Å². The highest BCUT2D eigenvalue weighted by Gasteiger charge is 2.26. The third-order valence-corrected chi connectivity index (χ3v) is 3.47. The van der Waals surface area contributed by atoms with E-state index in [1.165, 1.54) is 0 Å². The molecule has 3 atom stereocenters. The molecule has 96 valence electrons. The van der Waals surface area contributed by atoms with E-state index in [2.05, 4.69) is 36.1 Å². The van der Waals surface area contributed by atoms with Crippen molar-refractivity contribution in [3.05, 3.63) is 18.2 Å². The van der Waals surface area contributed by atoms with Gasteiger partial charge in [-0.2, -0.15) is 0 Å². The minimum atomic E-state index is 0.279. The predicted molar refractivity (Wildman–Crippen MR) is 67.7 cm³/mol. The first-order chi connectivity index (χ1) is 8.16. The molecule has 1 fully saturated rings. The van der Waals surface area contributed by atoms with Gasteiger partial charge in [0.15, 0.2) is 0 Å². The van der Waals surface area contributed by atoms with E-state index in [9.17, 15) is 0 Å². The zero-order chi connectivity index (χ0) is 12.3. The molecule has 1 saturated heterocycles. The highest BCUT2D eigenvalue weighted by molar-refractivity contribution is 4.95.